The highest BCUT2D eigenvalue weighted by molar-refractivity contribution is 6.42. The van der Waals surface area contributed by atoms with Gasteiger partial charge in [0, 0.05) is 18.2 Å². The summed E-state index contributed by atoms with van der Waals surface area (Å²) in [5, 5.41) is 5.17. The third-order valence-electron chi connectivity index (χ3n) is 2.95. The molecule has 0 aliphatic rings. The van der Waals surface area contributed by atoms with E-state index in [2.05, 4.69) is 5.10 Å². The van der Waals surface area contributed by atoms with Crippen LogP contribution in [0.25, 0.3) is 11.3 Å². The molecule has 4 nitrogen and oxygen atoms in total. The number of hydrogen-bond donors (Lipinski definition) is 0. The second kappa shape index (κ2) is 5.85. The normalized spacial score (nSPS) is 10.7. The van der Waals surface area contributed by atoms with Crippen molar-refractivity contribution in [2.75, 3.05) is 6.61 Å². The minimum absolute atomic E-state index is 0.315. The van der Waals surface area contributed by atoms with Gasteiger partial charge in [-0.05, 0) is 26.0 Å². The van der Waals surface area contributed by atoms with E-state index in [1.807, 2.05) is 13.0 Å². The van der Waals surface area contributed by atoms with Gasteiger partial charge in [0.1, 0.15) is 0 Å². The number of aromatic nitrogens is 2. The lowest BCUT2D eigenvalue weighted by molar-refractivity contribution is 0.0518. The van der Waals surface area contributed by atoms with Crippen molar-refractivity contribution in [3.8, 4) is 11.3 Å². The van der Waals surface area contributed by atoms with E-state index in [-0.39, 0.29) is 0 Å². The minimum Gasteiger partial charge on any atom is -0.461 e. The molecule has 0 spiro atoms. The monoisotopic (exact) mass is 312 g/mol. The predicted molar refractivity (Wildman–Crippen MR) is 79.4 cm³/mol. The second-order valence-electron chi connectivity index (χ2n) is 4.30. The highest BCUT2D eigenvalue weighted by atomic mass is 35.5. The van der Waals surface area contributed by atoms with Crippen molar-refractivity contribution in [1.82, 2.24) is 9.78 Å². The molecule has 0 fully saturated rings. The van der Waals surface area contributed by atoms with Crippen molar-refractivity contribution < 1.29 is 9.53 Å². The molecule has 6 heteroatoms. The van der Waals surface area contributed by atoms with E-state index in [4.69, 9.17) is 27.9 Å². The Labute approximate surface area is 127 Å². The summed E-state index contributed by atoms with van der Waals surface area (Å²) < 4.78 is 6.63. The fourth-order valence-corrected chi connectivity index (χ4v) is 2.37. The topological polar surface area (TPSA) is 44.1 Å². The summed E-state index contributed by atoms with van der Waals surface area (Å²) in [5.41, 5.74) is 2.73. The van der Waals surface area contributed by atoms with Gasteiger partial charge < -0.3 is 4.74 Å². The Morgan fingerprint density at radius 3 is 2.65 bits per heavy atom. The highest BCUT2D eigenvalue weighted by Gasteiger charge is 2.20. The van der Waals surface area contributed by atoms with Gasteiger partial charge in [-0.25, -0.2) is 4.79 Å². The van der Waals surface area contributed by atoms with Crippen molar-refractivity contribution in [2.45, 2.75) is 13.8 Å². The average Bonchev–Trinajstić information content (AvgIpc) is 2.69. The molecule has 0 saturated carbocycles. The first-order valence-corrected chi connectivity index (χ1v) is 6.87. The molecule has 0 saturated heterocycles. The molecule has 1 heterocycles. The van der Waals surface area contributed by atoms with Gasteiger partial charge in [-0.3, -0.25) is 4.68 Å². The maximum atomic E-state index is 11.8. The number of rotatable bonds is 3. The molecule has 0 atom stereocenters. The molecule has 1 aromatic carbocycles. The van der Waals surface area contributed by atoms with Gasteiger partial charge in [0.2, 0.25) is 0 Å². The molecule has 0 unspecified atom stereocenters. The molecular weight excluding hydrogens is 299 g/mol. The Morgan fingerprint density at radius 2 is 2.05 bits per heavy atom. The van der Waals surface area contributed by atoms with Crippen LogP contribution in [0.2, 0.25) is 10.0 Å². The fraction of sp³-hybridized carbons (Fsp3) is 0.286. The zero-order valence-corrected chi connectivity index (χ0v) is 12.9. The number of nitrogens with zero attached hydrogens (tertiary/aromatic N) is 2. The minimum atomic E-state index is -0.424. The number of esters is 1. The summed E-state index contributed by atoms with van der Waals surface area (Å²) in [5.74, 6) is -0.424. The summed E-state index contributed by atoms with van der Waals surface area (Å²) in [6, 6.07) is 5.31. The van der Waals surface area contributed by atoms with Crippen LogP contribution in [0.4, 0.5) is 0 Å². The zero-order valence-electron chi connectivity index (χ0n) is 11.4. The van der Waals surface area contributed by atoms with Crippen molar-refractivity contribution in [3.63, 3.8) is 0 Å². The molecule has 1 aromatic heterocycles. The van der Waals surface area contributed by atoms with Gasteiger partial charge in [0.15, 0.2) is 5.69 Å². The maximum absolute atomic E-state index is 11.8. The SMILES string of the molecule is CCOC(=O)c1nn(C)c(-c2ccc(Cl)c(Cl)c2)c1C. The summed E-state index contributed by atoms with van der Waals surface area (Å²) >= 11 is 12.0. The van der Waals surface area contributed by atoms with Gasteiger partial charge >= 0.3 is 5.97 Å². The van der Waals surface area contributed by atoms with Crippen LogP contribution >= 0.6 is 23.2 Å². The van der Waals surface area contributed by atoms with Crippen molar-refractivity contribution in [2.24, 2.45) is 7.05 Å². The Bertz CT molecular complexity index is 665. The zero-order chi connectivity index (χ0) is 14.9. The first-order valence-electron chi connectivity index (χ1n) is 6.11. The Hall–Kier alpha value is -1.52. The van der Waals surface area contributed by atoms with Gasteiger partial charge in [-0.2, -0.15) is 5.10 Å². The number of carbonyl (C=O) groups excluding carboxylic acids is 1. The smallest absolute Gasteiger partial charge is 0.359 e. The maximum Gasteiger partial charge on any atom is 0.359 e. The lowest BCUT2D eigenvalue weighted by Crippen LogP contribution is -2.07. The van der Waals surface area contributed by atoms with E-state index in [0.717, 1.165) is 16.8 Å². The van der Waals surface area contributed by atoms with E-state index < -0.39 is 5.97 Å². The predicted octanol–water partition coefficient (Wildman–Crippen LogP) is 3.88. The molecule has 0 radical (unpaired) electrons. The molecule has 0 amide bonds. The van der Waals surface area contributed by atoms with E-state index >= 15 is 0 Å². The van der Waals surface area contributed by atoms with Gasteiger partial charge in [0.25, 0.3) is 0 Å². The summed E-state index contributed by atoms with van der Waals surface area (Å²) in [6.45, 7) is 3.91. The van der Waals surface area contributed by atoms with Crippen LogP contribution in [0.3, 0.4) is 0 Å². The molecule has 20 heavy (non-hydrogen) atoms. The molecule has 0 N–H and O–H groups in total. The third kappa shape index (κ3) is 2.67. The number of ether oxygens (including phenoxy) is 1. The number of benzene rings is 1. The number of halogens is 2. The van der Waals surface area contributed by atoms with Crippen LogP contribution in [0.1, 0.15) is 23.0 Å². The largest absolute Gasteiger partial charge is 0.461 e. The number of aryl methyl sites for hydroxylation is 1. The molecule has 0 aliphatic carbocycles. The molecule has 106 valence electrons. The van der Waals surface area contributed by atoms with E-state index in [9.17, 15) is 4.79 Å². The number of hydrogen-bond acceptors (Lipinski definition) is 3. The second-order valence-corrected chi connectivity index (χ2v) is 5.11. The van der Waals surface area contributed by atoms with Gasteiger partial charge in [0.05, 0.1) is 22.3 Å². The van der Waals surface area contributed by atoms with Gasteiger partial charge in [-0.15, -0.1) is 0 Å². The Balaban J connectivity index is 2.52. The highest BCUT2D eigenvalue weighted by Crippen LogP contribution is 2.31. The quantitative estimate of drug-likeness (QED) is 0.808. The van der Waals surface area contributed by atoms with E-state index in [1.165, 1.54) is 0 Å². The van der Waals surface area contributed by atoms with Crippen LogP contribution < -0.4 is 0 Å². The van der Waals surface area contributed by atoms with Crippen LogP contribution in [0, 0.1) is 6.92 Å². The molecule has 2 rings (SSSR count). The lowest BCUT2D eigenvalue weighted by Gasteiger charge is -2.05. The fourth-order valence-electron chi connectivity index (χ4n) is 2.07. The van der Waals surface area contributed by atoms with Gasteiger partial charge in [-0.1, -0.05) is 29.3 Å². The average molecular weight is 313 g/mol. The first-order chi connectivity index (χ1) is 9.45. The Kier molecular flexibility index (Phi) is 4.35. The standard InChI is InChI=1S/C14H14Cl2N2O2/c1-4-20-14(19)12-8(2)13(18(3)17-12)9-5-6-10(15)11(16)7-9/h5-7H,4H2,1-3H3. The third-order valence-corrected chi connectivity index (χ3v) is 3.68. The summed E-state index contributed by atoms with van der Waals surface area (Å²) in [6.07, 6.45) is 0. The van der Waals surface area contributed by atoms with Crippen LogP contribution in [0.15, 0.2) is 18.2 Å². The van der Waals surface area contributed by atoms with E-state index in [0.29, 0.717) is 22.3 Å². The Morgan fingerprint density at radius 1 is 1.35 bits per heavy atom. The number of carbonyl (C=O) groups is 1. The van der Waals surface area contributed by atoms with Crippen molar-refractivity contribution in [1.29, 1.82) is 0 Å². The lowest BCUT2D eigenvalue weighted by atomic mass is 10.1. The van der Waals surface area contributed by atoms with Crippen molar-refractivity contribution in [3.05, 3.63) is 39.5 Å². The first kappa shape index (κ1) is 14.9. The summed E-state index contributed by atoms with van der Waals surface area (Å²) in [7, 11) is 1.77. The summed E-state index contributed by atoms with van der Waals surface area (Å²) in [4.78, 5) is 11.8. The molecular formula is C14H14Cl2N2O2. The molecule has 0 aliphatic heterocycles. The molecule has 2 aromatic rings. The molecule has 0 bridgehead atoms. The van der Waals surface area contributed by atoms with Crippen LogP contribution in [-0.2, 0) is 11.8 Å². The van der Waals surface area contributed by atoms with Crippen molar-refractivity contribution >= 4 is 29.2 Å². The van der Waals surface area contributed by atoms with Crippen LogP contribution in [0.5, 0.6) is 0 Å². The van der Waals surface area contributed by atoms with Crippen LogP contribution in [-0.4, -0.2) is 22.4 Å². The van der Waals surface area contributed by atoms with E-state index in [1.54, 1.807) is 30.8 Å².